The van der Waals surface area contributed by atoms with E-state index in [1.807, 2.05) is 48.5 Å². The third-order valence-electron chi connectivity index (χ3n) is 4.02. The summed E-state index contributed by atoms with van der Waals surface area (Å²) in [5.74, 6) is 0.187. The molecule has 1 aromatic heterocycles. The van der Waals surface area contributed by atoms with Gasteiger partial charge >= 0.3 is 0 Å². The van der Waals surface area contributed by atoms with Crippen molar-refractivity contribution >= 4 is 5.91 Å². The number of carbonyl (C=O) groups excluding carboxylic acids is 1. The van der Waals surface area contributed by atoms with Crippen LogP contribution in [-0.4, -0.2) is 22.2 Å². The van der Waals surface area contributed by atoms with Gasteiger partial charge in [-0.2, -0.15) is 5.10 Å². The van der Waals surface area contributed by atoms with E-state index in [0.717, 1.165) is 5.56 Å². The lowest BCUT2D eigenvalue weighted by Gasteiger charge is -2.12. The van der Waals surface area contributed by atoms with Crippen LogP contribution >= 0.6 is 0 Å². The minimum atomic E-state index is -0.0860. The van der Waals surface area contributed by atoms with Gasteiger partial charge in [0.15, 0.2) is 0 Å². The van der Waals surface area contributed by atoms with Crippen molar-refractivity contribution in [2.24, 2.45) is 0 Å². The molecule has 3 aromatic rings. The quantitative estimate of drug-likeness (QED) is 0.756. The first kappa shape index (κ1) is 16.0. The SMILES string of the molecule is CC(CNC(=O)c1cnn(Cc2ccccc2)c1)c1ccccc1. The Balaban J connectivity index is 1.56. The number of carbonyl (C=O) groups is 1. The van der Waals surface area contributed by atoms with Crippen molar-refractivity contribution in [1.29, 1.82) is 0 Å². The summed E-state index contributed by atoms with van der Waals surface area (Å²) in [6, 6.07) is 20.3. The van der Waals surface area contributed by atoms with Gasteiger partial charge in [0.1, 0.15) is 0 Å². The molecule has 1 heterocycles. The fraction of sp³-hybridized carbons (Fsp3) is 0.200. The fourth-order valence-corrected chi connectivity index (χ4v) is 2.59. The second kappa shape index (κ2) is 7.59. The van der Waals surface area contributed by atoms with Crippen molar-refractivity contribution in [3.63, 3.8) is 0 Å². The molecular formula is C20H21N3O. The zero-order chi connectivity index (χ0) is 16.8. The molecule has 0 aliphatic rings. The third-order valence-corrected chi connectivity index (χ3v) is 4.02. The number of amides is 1. The van der Waals surface area contributed by atoms with E-state index in [9.17, 15) is 4.79 Å². The molecule has 1 atom stereocenters. The second-order valence-corrected chi connectivity index (χ2v) is 5.93. The molecule has 2 aromatic carbocycles. The van der Waals surface area contributed by atoms with Crippen molar-refractivity contribution in [2.45, 2.75) is 19.4 Å². The Morgan fingerprint density at radius 2 is 1.75 bits per heavy atom. The zero-order valence-electron chi connectivity index (χ0n) is 13.7. The van der Waals surface area contributed by atoms with Crippen molar-refractivity contribution in [2.75, 3.05) is 6.54 Å². The first-order chi connectivity index (χ1) is 11.7. The Bertz CT molecular complexity index is 781. The van der Waals surface area contributed by atoms with Crippen molar-refractivity contribution < 1.29 is 4.79 Å². The summed E-state index contributed by atoms with van der Waals surface area (Å²) in [6.07, 6.45) is 3.40. The van der Waals surface area contributed by atoms with Gasteiger partial charge in [-0.3, -0.25) is 9.48 Å². The summed E-state index contributed by atoms with van der Waals surface area (Å²) in [4.78, 5) is 12.3. The van der Waals surface area contributed by atoms with Crippen LogP contribution in [0.15, 0.2) is 73.1 Å². The first-order valence-corrected chi connectivity index (χ1v) is 8.12. The topological polar surface area (TPSA) is 46.9 Å². The minimum absolute atomic E-state index is 0.0860. The molecular weight excluding hydrogens is 298 g/mol. The monoisotopic (exact) mass is 319 g/mol. The number of nitrogens with zero attached hydrogens (tertiary/aromatic N) is 2. The molecule has 0 saturated carbocycles. The van der Waals surface area contributed by atoms with Crippen LogP contribution in [0.5, 0.6) is 0 Å². The highest BCUT2D eigenvalue weighted by molar-refractivity contribution is 5.93. The molecule has 4 nitrogen and oxygen atoms in total. The molecule has 3 rings (SSSR count). The van der Waals surface area contributed by atoms with Gasteiger partial charge in [0, 0.05) is 12.7 Å². The van der Waals surface area contributed by atoms with E-state index in [2.05, 4.69) is 29.5 Å². The Morgan fingerprint density at radius 1 is 1.08 bits per heavy atom. The van der Waals surface area contributed by atoms with Gasteiger partial charge in [-0.1, -0.05) is 67.6 Å². The van der Waals surface area contributed by atoms with E-state index >= 15 is 0 Å². The molecule has 0 bridgehead atoms. The van der Waals surface area contributed by atoms with Crippen LogP contribution in [0.2, 0.25) is 0 Å². The number of rotatable bonds is 6. The van der Waals surface area contributed by atoms with Gasteiger partial charge < -0.3 is 5.32 Å². The summed E-state index contributed by atoms with van der Waals surface area (Å²) in [5, 5.41) is 7.26. The largest absolute Gasteiger partial charge is 0.351 e. The van der Waals surface area contributed by atoms with Crippen LogP contribution in [-0.2, 0) is 6.54 Å². The third kappa shape index (κ3) is 4.10. The van der Waals surface area contributed by atoms with Crippen LogP contribution < -0.4 is 5.32 Å². The van der Waals surface area contributed by atoms with Crippen LogP contribution in [0.1, 0.15) is 34.3 Å². The molecule has 0 fully saturated rings. The molecule has 24 heavy (non-hydrogen) atoms. The molecule has 0 spiro atoms. The lowest BCUT2D eigenvalue weighted by Crippen LogP contribution is -2.27. The van der Waals surface area contributed by atoms with Crippen LogP contribution in [0, 0.1) is 0 Å². The molecule has 0 saturated heterocycles. The maximum atomic E-state index is 12.3. The highest BCUT2D eigenvalue weighted by Gasteiger charge is 2.11. The highest BCUT2D eigenvalue weighted by atomic mass is 16.1. The molecule has 0 radical (unpaired) electrons. The Hall–Kier alpha value is -2.88. The minimum Gasteiger partial charge on any atom is -0.351 e. The van der Waals surface area contributed by atoms with Gasteiger partial charge in [-0.05, 0) is 17.0 Å². The van der Waals surface area contributed by atoms with Crippen LogP contribution in [0.25, 0.3) is 0 Å². The number of aromatic nitrogens is 2. The van der Waals surface area contributed by atoms with E-state index in [0.29, 0.717) is 18.7 Å². The van der Waals surface area contributed by atoms with E-state index < -0.39 is 0 Å². The van der Waals surface area contributed by atoms with Crippen molar-refractivity contribution in [1.82, 2.24) is 15.1 Å². The predicted molar refractivity (Wildman–Crippen MR) is 95.0 cm³/mol. The predicted octanol–water partition coefficient (Wildman–Crippen LogP) is 3.46. The smallest absolute Gasteiger partial charge is 0.254 e. The van der Waals surface area contributed by atoms with Gasteiger partial charge in [0.05, 0.1) is 18.3 Å². The number of benzene rings is 2. The van der Waals surface area contributed by atoms with E-state index in [1.165, 1.54) is 5.56 Å². The van der Waals surface area contributed by atoms with E-state index in [1.54, 1.807) is 17.1 Å². The Labute approximate surface area is 142 Å². The average Bonchev–Trinajstić information content (AvgIpc) is 3.09. The number of hydrogen-bond donors (Lipinski definition) is 1. The van der Waals surface area contributed by atoms with Gasteiger partial charge in [0.2, 0.25) is 0 Å². The standard InChI is InChI=1S/C20H21N3O/c1-16(18-10-6-3-7-11-18)12-21-20(24)19-13-22-23(15-19)14-17-8-4-2-5-9-17/h2-11,13,15-16H,12,14H2,1H3,(H,21,24). The lowest BCUT2D eigenvalue weighted by molar-refractivity contribution is 0.0951. The van der Waals surface area contributed by atoms with Gasteiger partial charge in [0.25, 0.3) is 5.91 Å². The normalized spacial score (nSPS) is 11.9. The Kier molecular flexibility index (Phi) is 5.06. The summed E-state index contributed by atoms with van der Waals surface area (Å²) in [7, 11) is 0. The van der Waals surface area contributed by atoms with Gasteiger partial charge in [-0.25, -0.2) is 0 Å². The molecule has 1 unspecified atom stereocenters. The molecule has 0 aliphatic heterocycles. The summed E-state index contributed by atoms with van der Waals surface area (Å²) in [5.41, 5.74) is 2.97. The first-order valence-electron chi connectivity index (χ1n) is 8.12. The molecule has 1 amide bonds. The highest BCUT2D eigenvalue weighted by Crippen LogP contribution is 2.13. The van der Waals surface area contributed by atoms with Crippen LogP contribution in [0.3, 0.4) is 0 Å². The van der Waals surface area contributed by atoms with Crippen molar-refractivity contribution in [3.8, 4) is 0 Å². The number of nitrogens with one attached hydrogen (secondary N) is 1. The molecule has 122 valence electrons. The maximum absolute atomic E-state index is 12.3. The zero-order valence-corrected chi connectivity index (χ0v) is 13.7. The summed E-state index contributed by atoms with van der Waals surface area (Å²) in [6.45, 7) is 3.37. The maximum Gasteiger partial charge on any atom is 0.254 e. The summed E-state index contributed by atoms with van der Waals surface area (Å²) >= 11 is 0. The summed E-state index contributed by atoms with van der Waals surface area (Å²) < 4.78 is 1.78. The van der Waals surface area contributed by atoms with E-state index in [4.69, 9.17) is 0 Å². The van der Waals surface area contributed by atoms with Crippen molar-refractivity contribution in [3.05, 3.63) is 89.7 Å². The second-order valence-electron chi connectivity index (χ2n) is 5.93. The Morgan fingerprint density at radius 3 is 2.46 bits per heavy atom. The molecule has 0 aliphatic carbocycles. The average molecular weight is 319 g/mol. The van der Waals surface area contributed by atoms with Gasteiger partial charge in [-0.15, -0.1) is 0 Å². The molecule has 1 N–H and O–H groups in total. The number of hydrogen-bond acceptors (Lipinski definition) is 2. The van der Waals surface area contributed by atoms with E-state index in [-0.39, 0.29) is 11.8 Å². The fourth-order valence-electron chi connectivity index (χ4n) is 2.59. The van der Waals surface area contributed by atoms with Crippen LogP contribution in [0.4, 0.5) is 0 Å². The molecule has 4 heteroatoms. The lowest BCUT2D eigenvalue weighted by atomic mass is 10.0.